The van der Waals surface area contributed by atoms with Crippen LogP contribution in [0.5, 0.6) is 5.75 Å². The molecule has 0 atom stereocenters. The summed E-state index contributed by atoms with van der Waals surface area (Å²) in [6, 6.07) is 16.8. The molecule has 0 radical (unpaired) electrons. The van der Waals surface area contributed by atoms with Crippen LogP contribution in [0, 0.1) is 22.9 Å². The number of nitrogens with one attached hydrogen (secondary N) is 1. The van der Waals surface area contributed by atoms with Crippen LogP contribution >= 0.6 is 23.2 Å². The van der Waals surface area contributed by atoms with Crippen molar-refractivity contribution in [2.24, 2.45) is 0 Å². The molecule has 184 valence electrons. The fraction of sp³-hybridized carbons (Fsp3) is 0.120. The van der Waals surface area contributed by atoms with Crippen LogP contribution in [0.1, 0.15) is 27.2 Å². The predicted octanol–water partition coefficient (Wildman–Crippen LogP) is 6.43. The van der Waals surface area contributed by atoms with E-state index in [2.05, 4.69) is 10.4 Å². The lowest BCUT2D eigenvalue weighted by Gasteiger charge is -2.09. The van der Waals surface area contributed by atoms with Gasteiger partial charge in [-0.15, -0.1) is 0 Å². The molecule has 1 aromatic heterocycles. The minimum atomic E-state index is -0.538. The summed E-state index contributed by atoms with van der Waals surface area (Å²) in [5.74, 6) is -0.158. The Hall–Kier alpha value is -3.95. The van der Waals surface area contributed by atoms with Gasteiger partial charge in [-0.3, -0.25) is 19.6 Å². The number of ether oxygens (including phenoxy) is 1. The zero-order valence-electron chi connectivity index (χ0n) is 18.9. The summed E-state index contributed by atoms with van der Waals surface area (Å²) in [4.78, 5) is 23.0. The first-order valence-electron chi connectivity index (χ1n) is 10.7. The van der Waals surface area contributed by atoms with Gasteiger partial charge in [-0.25, -0.2) is 4.39 Å². The number of hydrogen-bond acceptors (Lipinski definition) is 5. The van der Waals surface area contributed by atoms with Gasteiger partial charge >= 0.3 is 0 Å². The van der Waals surface area contributed by atoms with Crippen LogP contribution in [0.4, 0.5) is 15.9 Å². The molecule has 0 saturated carbocycles. The third-order valence-corrected chi connectivity index (χ3v) is 5.98. The van der Waals surface area contributed by atoms with E-state index in [1.165, 1.54) is 30.3 Å². The van der Waals surface area contributed by atoms with Gasteiger partial charge in [-0.2, -0.15) is 5.10 Å². The smallest absolute Gasteiger partial charge is 0.271 e. The van der Waals surface area contributed by atoms with Crippen molar-refractivity contribution in [3.8, 4) is 5.75 Å². The van der Waals surface area contributed by atoms with Crippen molar-refractivity contribution in [3.05, 3.63) is 115 Å². The lowest BCUT2D eigenvalue weighted by molar-refractivity contribution is -0.384. The van der Waals surface area contributed by atoms with E-state index in [0.717, 1.165) is 11.3 Å². The molecule has 0 saturated heterocycles. The molecule has 1 heterocycles. The van der Waals surface area contributed by atoms with Crippen molar-refractivity contribution in [1.29, 1.82) is 0 Å². The van der Waals surface area contributed by atoms with E-state index in [9.17, 15) is 19.3 Å². The molecule has 0 aliphatic rings. The van der Waals surface area contributed by atoms with Crippen LogP contribution in [0.3, 0.4) is 0 Å². The molecule has 8 nitrogen and oxygen atoms in total. The number of aromatic nitrogens is 2. The van der Waals surface area contributed by atoms with Gasteiger partial charge in [0.2, 0.25) is 0 Å². The zero-order chi connectivity index (χ0) is 25.8. The highest BCUT2D eigenvalue weighted by molar-refractivity contribution is 6.32. The summed E-state index contributed by atoms with van der Waals surface area (Å²) in [6.45, 7) is 2.08. The molecule has 0 fully saturated rings. The molecule has 0 aliphatic carbocycles. The van der Waals surface area contributed by atoms with E-state index in [-0.39, 0.29) is 29.8 Å². The van der Waals surface area contributed by atoms with Crippen LogP contribution in [0.2, 0.25) is 10.0 Å². The van der Waals surface area contributed by atoms with Crippen molar-refractivity contribution in [1.82, 2.24) is 9.78 Å². The Morgan fingerprint density at radius 2 is 1.86 bits per heavy atom. The predicted molar refractivity (Wildman–Crippen MR) is 134 cm³/mol. The summed E-state index contributed by atoms with van der Waals surface area (Å²) in [7, 11) is 0. The number of amides is 1. The number of carbonyl (C=O) groups excluding carboxylic acids is 1. The number of carbonyl (C=O) groups is 1. The number of rotatable bonds is 8. The zero-order valence-corrected chi connectivity index (χ0v) is 20.4. The Labute approximate surface area is 215 Å². The molecular formula is C25H19Cl2FN4O4. The van der Waals surface area contributed by atoms with E-state index in [0.29, 0.717) is 27.7 Å². The minimum Gasteiger partial charge on any atom is -0.487 e. The Bertz CT molecular complexity index is 1420. The molecular weight excluding hydrogens is 510 g/mol. The van der Waals surface area contributed by atoms with E-state index in [1.54, 1.807) is 48.0 Å². The highest BCUT2D eigenvalue weighted by Crippen LogP contribution is 2.29. The number of halogens is 3. The van der Waals surface area contributed by atoms with E-state index >= 15 is 0 Å². The second kappa shape index (κ2) is 10.8. The van der Waals surface area contributed by atoms with E-state index in [1.807, 2.05) is 0 Å². The molecule has 4 rings (SSSR count). The molecule has 0 aliphatic heterocycles. The molecule has 4 aromatic rings. The number of hydrogen-bond donors (Lipinski definition) is 1. The van der Waals surface area contributed by atoms with Crippen molar-refractivity contribution < 1.29 is 18.8 Å². The maximum absolute atomic E-state index is 14.1. The Morgan fingerprint density at radius 1 is 1.11 bits per heavy atom. The first kappa shape index (κ1) is 25.2. The Balaban J connectivity index is 1.37. The maximum atomic E-state index is 14.1. The first-order chi connectivity index (χ1) is 17.2. The normalized spacial score (nSPS) is 10.8. The summed E-state index contributed by atoms with van der Waals surface area (Å²) in [5.41, 5.74) is 2.08. The number of anilines is 1. The number of nitrogens with zero attached hydrogens (tertiary/aromatic N) is 3. The Kier molecular flexibility index (Phi) is 7.52. The highest BCUT2D eigenvalue weighted by atomic mass is 35.5. The molecule has 0 spiro atoms. The lowest BCUT2D eigenvalue weighted by Crippen LogP contribution is -2.13. The summed E-state index contributed by atoms with van der Waals surface area (Å²) in [5, 5.41) is 18.3. The van der Waals surface area contributed by atoms with Crippen LogP contribution in [-0.2, 0) is 13.2 Å². The average Bonchev–Trinajstić information content (AvgIpc) is 3.19. The van der Waals surface area contributed by atoms with Crippen LogP contribution in [0.15, 0.2) is 66.7 Å². The SMILES string of the molecule is Cc1cc(NC(=O)c2ccc(COc3ccc([N+](=O)[O-])cc3Cl)cc2)nn1Cc1c(F)cccc1Cl. The first-order valence-corrected chi connectivity index (χ1v) is 11.4. The molecule has 0 bridgehead atoms. The lowest BCUT2D eigenvalue weighted by atomic mass is 10.1. The largest absolute Gasteiger partial charge is 0.487 e. The summed E-state index contributed by atoms with van der Waals surface area (Å²) >= 11 is 12.1. The van der Waals surface area contributed by atoms with Crippen LogP contribution < -0.4 is 10.1 Å². The second-order valence-electron chi connectivity index (χ2n) is 7.84. The summed E-state index contributed by atoms with van der Waals surface area (Å²) in [6.07, 6.45) is 0. The van der Waals surface area contributed by atoms with Gasteiger partial charge in [-0.05, 0) is 42.8 Å². The van der Waals surface area contributed by atoms with E-state index < -0.39 is 10.7 Å². The monoisotopic (exact) mass is 528 g/mol. The fourth-order valence-corrected chi connectivity index (χ4v) is 3.84. The standard InChI is InChI=1S/C25H19Cl2FN4O4/c1-15-11-24(30-31(15)13-19-20(26)3-2-4-22(19)28)29-25(33)17-7-5-16(6-8-17)14-36-23-10-9-18(32(34)35)12-21(23)27/h2-12H,13-14H2,1H3,(H,29,30,33). The highest BCUT2D eigenvalue weighted by Gasteiger charge is 2.14. The quantitative estimate of drug-likeness (QED) is 0.210. The number of nitro groups is 1. The van der Waals surface area contributed by atoms with Crippen molar-refractivity contribution in [2.45, 2.75) is 20.1 Å². The maximum Gasteiger partial charge on any atom is 0.271 e. The molecule has 1 amide bonds. The van der Waals surface area contributed by atoms with Crippen LogP contribution in [0.25, 0.3) is 0 Å². The second-order valence-corrected chi connectivity index (χ2v) is 8.65. The van der Waals surface area contributed by atoms with Gasteiger partial charge < -0.3 is 10.1 Å². The molecule has 36 heavy (non-hydrogen) atoms. The van der Waals surface area contributed by atoms with Crippen molar-refractivity contribution in [2.75, 3.05) is 5.32 Å². The van der Waals surface area contributed by atoms with Gasteiger partial charge in [0.05, 0.1) is 16.5 Å². The topological polar surface area (TPSA) is 99.3 Å². The van der Waals surface area contributed by atoms with Crippen molar-refractivity contribution >= 4 is 40.6 Å². The summed E-state index contributed by atoms with van der Waals surface area (Å²) < 4.78 is 21.3. The Morgan fingerprint density at radius 3 is 2.53 bits per heavy atom. The third kappa shape index (κ3) is 5.81. The van der Waals surface area contributed by atoms with Gasteiger partial charge in [0.15, 0.2) is 5.82 Å². The number of benzene rings is 3. The number of non-ortho nitro benzene ring substituents is 1. The molecule has 1 N–H and O–H groups in total. The average molecular weight is 529 g/mol. The number of nitro benzene ring substituents is 1. The minimum absolute atomic E-state index is 0.126. The molecule has 11 heteroatoms. The van der Waals surface area contributed by atoms with Crippen molar-refractivity contribution in [3.63, 3.8) is 0 Å². The fourth-order valence-electron chi connectivity index (χ4n) is 3.39. The van der Waals surface area contributed by atoms with Gasteiger partial charge in [0.25, 0.3) is 11.6 Å². The van der Waals surface area contributed by atoms with Gasteiger partial charge in [0, 0.05) is 40.0 Å². The van der Waals surface area contributed by atoms with E-state index in [4.69, 9.17) is 27.9 Å². The van der Waals surface area contributed by atoms with Crippen LogP contribution in [-0.4, -0.2) is 20.6 Å². The molecule has 3 aromatic carbocycles. The number of aryl methyl sites for hydroxylation is 1. The molecule has 0 unspecified atom stereocenters. The third-order valence-electron chi connectivity index (χ3n) is 5.33. The van der Waals surface area contributed by atoms with Gasteiger partial charge in [-0.1, -0.05) is 41.4 Å². The van der Waals surface area contributed by atoms with Gasteiger partial charge in [0.1, 0.15) is 18.2 Å².